The van der Waals surface area contributed by atoms with Gasteiger partial charge in [0.2, 0.25) is 0 Å². The number of nitrogens with one attached hydrogen (secondary N) is 1. The summed E-state index contributed by atoms with van der Waals surface area (Å²) in [7, 11) is 2.02. The van der Waals surface area contributed by atoms with Gasteiger partial charge in [0.1, 0.15) is 0 Å². The van der Waals surface area contributed by atoms with Gasteiger partial charge in [-0.25, -0.2) is 0 Å². The summed E-state index contributed by atoms with van der Waals surface area (Å²) in [5.41, 5.74) is 2.63. The van der Waals surface area contributed by atoms with E-state index in [1.54, 1.807) is 0 Å². The normalized spacial score (nSPS) is 13.9. The third-order valence-electron chi connectivity index (χ3n) is 3.73. The molecule has 1 aromatic carbocycles. The Morgan fingerprint density at radius 1 is 1.26 bits per heavy atom. The van der Waals surface area contributed by atoms with Crippen LogP contribution < -0.4 is 5.32 Å². The molecule has 104 valence electrons. The summed E-state index contributed by atoms with van der Waals surface area (Å²) in [6.45, 7) is 10.0. The predicted molar refractivity (Wildman–Crippen MR) is 81.3 cm³/mol. The SMILES string of the molecule is CCNC(Cc1nn(C)c2ccccc12)C(C)(C)C. The summed E-state index contributed by atoms with van der Waals surface area (Å²) in [4.78, 5) is 0. The van der Waals surface area contributed by atoms with Crippen molar-refractivity contribution >= 4 is 10.9 Å². The van der Waals surface area contributed by atoms with Crippen molar-refractivity contribution in [2.75, 3.05) is 6.54 Å². The maximum Gasteiger partial charge on any atom is 0.0718 e. The molecule has 1 heterocycles. The van der Waals surface area contributed by atoms with E-state index in [0.717, 1.165) is 13.0 Å². The smallest absolute Gasteiger partial charge is 0.0718 e. The van der Waals surface area contributed by atoms with Gasteiger partial charge in [0.05, 0.1) is 11.2 Å². The third-order valence-corrected chi connectivity index (χ3v) is 3.73. The zero-order valence-electron chi connectivity index (χ0n) is 12.7. The third kappa shape index (κ3) is 2.98. The van der Waals surface area contributed by atoms with E-state index in [2.05, 4.69) is 57.3 Å². The van der Waals surface area contributed by atoms with Crippen LogP contribution in [0.5, 0.6) is 0 Å². The Bertz CT molecular complexity index is 549. The van der Waals surface area contributed by atoms with Gasteiger partial charge in [0.15, 0.2) is 0 Å². The molecule has 0 amide bonds. The molecule has 0 saturated heterocycles. The fourth-order valence-corrected chi connectivity index (χ4v) is 2.56. The number of rotatable bonds is 4. The van der Waals surface area contributed by atoms with Crippen molar-refractivity contribution in [2.45, 2.75) is 40.2 Å². The lowest BCUT2D eigenvalue weighted by atomic mass is 9.83. The molecular formula is C16H25N3. The zero-order chi connectivity index (χ0) is 14.0. The van der Waals surface area contributed by atoms with Crippen LogP contribution in [0.1, 0.15) is 33.4 Å². The van der Waals surface area contributed by atoms with E-state index in [0.29, 0.717) is 6.04 Å². The lowest BCUT2D eigenvalue weighted by Gasteiger charge is -2.31. The Hall–Kier alpha value is -1.35. The highest BCUT2D eigenvalue weighted by atomic mass is 15.3. The van der Waals surface area contributed by atoms with Gasteiger partial charge >= 0.3 is 0 Å². The van der Waals surface area contributed by atoms with Crippen LogP contribution >= 0.6 is 0 Å². The first-order valence-electron chi connectivity index (χ1n) is 7.07. The average Bonchev–Trinajstić information content (AvgIpc) is 2.66. The van der Waals surface area contributed by atoms with Gasteiger partial charge in [0, 0.05) is 24.9 Å². The summed E-state index contributed by atoms with van der Waals surface area (Å²) in [5.74, 6) is 0. The molecule has 1 aromatic heterocycles. The molecule has 0 fully saturated rings. The van der Waals surface area contributed by atoms with Crippen molar-refractivity contribution in [3.05, 3.63) is 30.0 Å². The number of benzene rings is 1. The molecule has 1 N–H and O–H groups in total. The lowest BCUT2D eigenvalue weighted by Crippen LogP contribution is -2.42. The van der Waals surface area contributed by atoms with Gasteiger partial charge in [-0.05, 0) is 18.0 Å². The van der Waals surface area contributed by atoms with Gasteiger partial charge < -0.3 is 5.32 Å². The Morgan fingerprint density at radius 2 is 1.95 bits per heavy atom. The average molecular weight is 259 g/mol. The Balaban J connectivity index is 2.34. The number of fused-ring (bicyclic) bond motifs is 1. The van der Waals surface area contributed by atoms with Gasteiger partial charge in [-0.1, -0.05) is 45.9 Å². The molecule has 1 unspecified atom stereocenters. The molecule has 1 atom stereocenters. The van der Waals surface area contributed by atoms with E-state index in [1.807, 2.05) is 11.7 Å². The van der Waals surface area contributed by atoms with E-state index in [1.165, 1.54) is 16.6 Å². The second-order valence-corrected chi connectivity index (χ2v) is 6.27. The van der Waals surface area contributed by atoms with Crippen LogP contribution in [0.15, 0.2) is 24.3 Å². The second kappa shape index (κ2) is 5.33. The minimum atomic E-state index is 0.231. The molecule has 0 aliphatic heterocycles. The van der Waals surface area contributed by atoms with Crippen molar-refractivity contribution in [1.82, 2.24) is 15.1 Å². The molecule has 0 radical (unpaired) electrons. The summed E-state index contributed by atoms with van der Waals surface area (Å²) < 4.78 is 1.98. The topological polar surface area (TPSA) is 29.9 Å². The Labute approximate surface area is 116 Å². The van der Waals surface area contributed by atoms with E-state index in [-0.39, 0.29) is 5.41 Å². The van der Waals surface area contributed by atoms with Crippen molar-refractivity contribution in [1.29, 1.82) is 0 Å². The van der Waals surface area contributed by atoms with Gasteiger partial charge in [-0.15, -0.1) is 0 Å². The van der Waals surface area contributed by atoms with Gasteiger partial charge in [0.25, 0.3) is 0 Å². The molecule has 0 bridgehead atoms. The standard InChI is InChI=1S/C16H25N3/c1-6-17-15(16(2,3)4)11-13-12-9-7-8-10-14(12)19(5)18-13/h7-10,15,17H,6,11H2,1-5H3. The molecule has 2 rings (SSSR count). The number of para-hydroxylation sites is 1. The molecule has 0 aliphatic carbocycles. The number of aryl methyl sites for hydroxylation is 1. The van der Waals surface area contributed by atoms with E-state index >= 15 is 0 Å². The molecule has 2 aromatic rings. The molecule has 3 heteroatoms. The first-order valence-corrected chi connectivity index (χ1v) is 7.07. The van der Waals surface area contributed by atoms with Crippen LogP contribution in [0.4, 0.5) is 0 Å². The number of hydrogen-bond acceptors (Lipinski definition) is 2. The largest absolute Gasteiger partial charge is 0.313 e. The van der Waals surface area contributed by atoms with Crippen molar-refractivity contribution in [2.24, 2.45) is 12.5 Å². The predicted octanol–water partition coefficient (Wildman–Crippen LogP) is 3.14. The quantitative estimate of drug-likeness (QED) is 0.914. The highest BCUT2D eigenvalue weighted by Crippen LogP contribution is 2.25. The highest BCUT2D eigenvalue weighted by molar-refractivity contribution is 5.81. The van der Waals surface area contributed by atoms with Crippen molar-refractivity contribution < 1.29 is 0 Å². The van der Waals surface area contributed by atoms with Crippen molar-refractivity contribution in [3.8, 4) is 0 Å². The van der Waals surface area contributed by atoms with Crippen LogP contribution in [-0.2, 0) is 13.5 Å². The minimum Gasteiger partial charge on any atom is -0.313 e. The Morgan fingerprint density at radius 3 is 2.58 bits per heavy atom. The van der Waals surface area contributed by atoms with Crippen LogP contribution in [0.3, 0.4) is 0 Å². The summed E-state index contributed by atoms with van der Waals surface area (Å²) in [5, 5.41) is 9.57. The summed E-state index contributed by atoms with van der Waals surface area (Å²) >= 11 is 0. The van der Waals surface area contributed by atoms with E-state index in [4.69, 9.17) is 5.10 Å². The fraction of sp³-hybridized carbons (Fsp3) is 0.562. The highest BCUT2D eigenvalue weighted by Gasteiger charge is 2.25. The maximum absolute atomic E-state index is 4.70. The second-order valence-electron chi connectivity index (χ2n) is 6.27. The maximum atomic E-state index is 4.70. The monoisotopic (exact) mass is 259 g/mol. The summed E-state index contributed by atoms with van der Waals surface area (Å²) in [6.07, 6.45) is 0.971. The van der Waals surface area contributed by atoms with Crippen LogP contribution in [0.25, 0.3) is 10.9 Å². The molecule has 0 spiro atoms. The Kier molecular flexibility index (Phi) is 3.95. The van der Waals surface area contributed by atoms with Crippen LogP contribution in [-0.4, -0.2) is 22.4 Å². The molecule has 0 aliphatic rings. The first-order chi connectivity index (χ1) is 8.93. The van der Waals surface area contributed by atoms with E-state index < -0.39 is 0 Å². The zero-order valence-corrected chi connectivity index (χ0v) is 12.7. The molecule has 3 nitrogen and oxygen atoms in total. The number of hydrogen-bond donors (Lipinski definition) is 1. The van der Waals surface area contributed by atoms with Gasteiger partial charge in [-0.3, -0.25) is 4.68 Å². The summed E-state index contributed by atoms with van der Waals surface area (Å²) in [6, 6.07) is 8.90. The fourth-order valence-electron chi connectivity index (χ4n) is 2.56. The van der Waals surface area contributed by atoms with Crippen LogP contribution in [0, 0.1) is 5.41 Å². The molecule has 19 heavy (non-hydrogen) atoms. The van der Waals surface area contributed by atoms with Crippen LogP contribution in [0.2, 0.25) is 0 Å². The number of aromatic nitrogens is 2. The minimum absolute atomic E-state index is 0.231. The van der Waals surface area contributed by atoms with Crippen molar-refractivity contribution in [3.63, 3.8) is 0 Å². The number of nitrogens with zero attached hydrogens (tertiary/aromatic N) is 2. The lowest BCUT2D eigenvalue weighted by molar-refractivity contribution is 0.268. The van der Waals surface area contributed by atoms with Gasteiger partial charge in [-0.2, -0.15) is 5.10 Å². The number of likely N-dealkylation sites (N-methyl/N-ethyl adjacent to an activating group) is 1. The molecular weight excluding hydrogens is 234 g/mol. The molecule has 0 saturated carbocycles. The van der Waals surface area contributed by atoms with E-state index in [9.17, 15) is 0 Å². The first kappa shape index (κ1) is 14.1.